The van der Waals surface area contributed by atoms with Gasteiger partial charge in [0.15, 0.2) is 0 Å². The van der Waals surface area contributed by atoms with Gasteiger partial charge in [0.2, 0.25) is 0 Å². The summed E-state index contributed by atoms with van der Waals surface area (Å²) in [6, 6.07) is 25.6. The molecule has 2 fully saturated rings. The lowest BCUT2D eigenvalue weighted by Gasteiger charge is -2.53. The number of amides is 1. The molecule has 0 N–H and O–H groups in total. The molecule has 1 amide bonds. The Kier molecular flexibility index (Phi) is 12.5. The number of tetrazole rings is 1. The number of nitrogens with zero attached hydrogens (tertiary/aromatic N) is 7. The highest BCUT2D eigenvalue weighted by molar-refractivity contribution is 5.85. The lowest BCUT2D eigenvalue weighted by Crippen LogP contribution is -2.67. The molecule has 0 unspecified atom stereocenters. The first-order valence-electron chi connectivity index (χ1n) is 15.7. The molecule has 6 rings (SSSR count). The molecule has 2 aliphatic heterocycles. The van der Waals surface area contributed by atoms with Crippen LogP contribution in [-0.2, 0) is 17.5 Å². The van der Waals surface area contributed by atoms with E-state index in [4.69, 9.17) is 9.47 Å². The summed E-state index contributed by atoms with van der Waals surface area (Å²) in [5.41, 5.74) is 3.25. The Balaban J connectivity index is 0.00000270. The lowest BCUT2D eigenvalue weighted by molar-refractivity contribution is -0.146. The van der Waals surface area contributed by atoms with Crippen molar-refractivity contribution < 1.29 is 27.4 Å². The Morgan fingerprint density at radius 2 is 1.57 bits per heavy atom. The Morgan fingerprint density at radius 1 is 0.918 bits per heavy atom. The number of piperazine rings is 2. The fourth-order valence-electron chi connectivity index (χ4n) is 6.83. The van der Waals surface area contributed by atoms with Crippen molar-refractivity contribution in [2.24, 2.45) is 0 Å². The highest BCUT2D eigenvalue weighted by Crippen LogP contribution is 2.37. The van der Waals surface area contributed by atoms with Gasteiger partial charge in [-0.15, -0.1) is 29.9 Å². The normalized spacial score (nSPS) is 18.4. The molecular formula is C34H40Cl2F3N7O3. The molecule has 15 heteroatoms. The van der Waals surface area contributed by atoms with Crippen LogP contribution >= 0.6 is 24.8 Å². The second kappa shape index (κ2) is 16.2. The molecule has 0 bridgehead atoms. The maximum absolute atomic E-state index is 13.7. The van der Waals surface area contributed by atoms with Crippen LogP contribution in [0.5, 0.6) is 5.75 Å². The lowest BCUT2D eigenvalue weighted by atomic mass is 9.81. The first-order valence-corrected chi connectivity index (χ1v) is 15.7. The summed E-state index contributed by atoms with van der Waals surface area (Å²) in [7, 11) is 1.54. The van der Waals surface area contributed by atoms with Gasteiger partial charge in [0, 0.05) is 62.8 Å². The molecular weight excluding hydrogens is 682 g/mol. The summed E-state index contributed by atoms with van der Waals surface area (Å²) in [5.74, 6) is -0.630. The summed E-state index contributed by atoms with van der Waals surface area (Å²) in [5, 5.41) is 10.1. The second-order valence-electron chi connectivity index (χ2n) is 12.2. The van der Waals surface area contributed by atoms with E-state index in [1.807, 2.05) is 50.2 Å². The van der Waals surface area contributed by atoms with Crippen LogP contribution in [0.15, 0.2) is 78.9 Å². The van der Waals surface area contributed by atoms with Gasteiger partial charge in [-0.3, -0.25) is 9.80 Å². The molecule has 0 aliphatic carbocycles. The van der Waals surface area contributed by atoms with E-state index >= 15 is 0 Å². The van der Waals surface area contributed by atoms with Crippen LogP contribution in [0.4, 0.5) is 18.0 Å². The topological polar surface area (TPSA) is 88.8 Å². The average Bonchev–Trinajstić information content (AvgIpc) is 3.57. The number of hydrogen-bond acceptors (Lipinski definition) is 8. The monoisotopic (exact) mass is 721 g/mol. The standard InChI is InChI=1S/C34H38F3N7O3.2ClH/c1-23(2)47-33(45)42-16-17-43-28(21-42)20-41(22-29(43)31(24-10-6-4-7-11-24)25-12-8-5-9-13-25)19-26-18-27(14-15-30(26)46-3)44-32(34(35,36)37)38-39-40-44;;/h4-15,18,23,28-29,31H,16-17,19-22H2,1-3H3;2*1H/t28-,29+;;/m1../s1. The third kappa shape index (κ3) is 8.46. The van der Waals surface area contributed by atoms with E-state index in [1.54, 1.807) is 17.0 Å². The van der Waals surface area contributed by atoms with Crippen molar-refractivity contribution in [2.45, 2.75) is 50.7 Å². The van der Waals surface area contributed by atoms with Gasteiger partial charge in [-0.25, -0.2) is 4.79 Å². The summed E-state index contributed by atoms with van der Waals surface area (Å²) in [6.45, 7) is 7.11. The molecule has 2 saturated heterocycles. The van der Waals surface area contributed by atoms with Gasteiger partial charge in [0.05, 0.1) is 18.9 Å². The second-order valence-corrected chi connectivity index (χ2v) is 12.2. The van der Waals surface area contributed by atoms with Crippen LogP contribution < -0.4 is 4.74 Å². The Hall–Kier alpha value is -3.91. The molecule has 3 aromatic carbocycles. The number of fused-ring (bicyclic) bond motifs is 1. The summed E-state index contributed by atoms with van der Waals surface area (Å²) in [6.07, 6.45) is -5.28. The van der Waals surface area contributed by atoms with Gasteiger partial charge >= 0.3 is 12.3 Å². The number of alkyl halides is 3. The predicted molar refractivity (Wildman–Crippen MR) is 183 cm³/mol. The average molecular weight is 723 g/mol. The molecule has 264 valence electrons. The molecule has 0 spiro atoms. The zero-order valence-electron chi connectivity index (χ0n) is 27.4. The first kappa shape index (κ1) is 37.9. The number of aromatic nitrogens is 4. The molecule has 4 aromatic rings. The fraction of sp³-hybridized carbons (Fsp3) is 0.412. The number of carbonyl (C=O) groups is 1. The minimum absolute atomic E-state index is 0. The SMILES string of the molecule is COc1ccc(-n2nnnc2C(F)(F)F)cc1CN1C[C@@H]2CN(C(=O)OC(C)C)CCN2[C@H](C(c2ccccc2)c2ccccc2)C1.Cl.Cl. The number of benzene rings is 3. The van der Waals surface area contributed by atoms with Crippen LogP contribution in [0, 0.1) is 0 Å². The highest BCUT2D eigenvalue weighted by Gasteiger charge is 2.44. The van der Waals surface area contributed by atoms with E-state index in [-0.39, 0.29) is 60.7 Å². The molecule has 3 heterocycles. The van der Waals surface area contributed by atoms with Crippen molar-refractivity contribution in [3.63, 3.8) is 0 Å². The smallest absolute Gasteiger partial charge is 0.453 e. The quantitative estimate of drug-likeness (QED) is 0.216. The van der Waals surface area contributed by atoms with Crippen molar-refractivity contribution in [3.8, 4) is 11.4 Å². The number of halogens is 5. The molecule has 49 heavy (non-hydrogen) atoms. The minimum Gasteiger partial charge on any atom is -0.496 e. The van der Waals surface area contributed by atoms with Gasteiger partial charge in [-0.05, 0) is 53.6 Å². The Morgan fingerprint density at radius 3 is 2.16 bits per heavy atom. The van der Waals surface area contributed by atoms with Crippen LogP contribution in [0.2, 0.25) is 0 Å². The Bertz CT molecular complexity index is 1620. The zero-order valence-corrected chi connectivity index (χ0v) is 29.0. The molecule has 10 nitrogen and oxygen atoms in total. The molecule has 2 atom stereocenters. The first-order chi connectivity index (χ1) is 22.6. The van der Waals surface area contributed by atoms with Gasteiger partial charge in [-0.2, -0.15) is 17.9 Å². The van der Waals surface area contributed by atoms with E-state index in [0.29, 0.717) is 55.3 Å². The van der Waals surface area contributed by atoms with Crippen LogP contribution in [0.25, 0.3) is 5.69 Å². The molecule has 0 radical (unpaired) electrons. The van der Waals surface area contributed by atoms with E-state index in [1.165, 1.54) is 24.3 Å². The summed E-state index contributed by atoms with van der Waals surface area (Å²) < 4.78 is 52.9. The van der Waals surface area contributed by atoms with Crippen molar-refractivity contribution in [3.05, 3.63) is 101 Å². The van der Waals surface area contributed by atoms with Crippen LogP contribution in [-0.4, -0.2) is 99.0 Å². The van der Waals surface area contributed by atoms with E-state index in [2.05, 4.69) is 49.6 Å². The molecule has 1 aromatic heterocycles. The number of methoxy groups -OCH3 is 1. The van der Waals surface area contributed by atoms with E-state index < -0.39 is 12.0 Å². The van der Waals surface area contributed by atoms with Crippen molar-refractivity contribution >= 4 is 30.9 Å². The molecule has 0 saturated carbocycles. The number of rotatable bonds is 8. The fourth-order valence-corrected chi connectivity index (χ4v) is 6.83. The maximum atomic E-state index is 13.7. The van der Waals surface area contributed by atoms with Gasteiger partial charge < -0.3 is 14.4 Å². The van der Waals surface area contributed by atoms with Crippen LogP contribution in [0.3, 0.4) is 0 Å². The third-order valence-electron chi connectivity index (χ3n) is 8.79. The third-order valence-corrected chi connectivity index (χ3v) is 8.79. The number of ether oxygens (including phenoxy) is 2. The van der Waals surface area contributed by atoms with Gasteiger partial charge in [0.1, 0.15) is 5.75 Å². The highest BCUT2D eigenvalue weighted by atomic mass is 35.5. The largest absolute Gasteiger partial charge is 0.496 e. The number of carbonyl (C=O) groups excluding carboxylic acids is 1. The summed E-state index contributed by atoms with van der Waals surface area (Å²) in [4.78, 5) is 19.6. The van der Waals surface area contributed by atoms with Crippen LogP contribution in [0.1, 0.15) is 42.3 Å². The predicted octanol–water partition coefficient (Wildman–Crippen LogP) is 6.08. The molecule has 2 aliphatic rings. The van der Waals surface area contributed by atoms with Crippen molar-refractivity contribution in [1.82, 2.24) is 34.9 Å². The van der Waals surface area contributed by atoms with Gasteiger partial charge in [-0.1, -0.05) is 60.7 Å². The van der Waals surface area contributed by atoms with E-state index in [0.717, 1.165) is 0 Å². The van der Waals surface area contributed by atoms with Gasteiger partial charge in [0.25, 0.3) is 5.82 Å². The van der Waals surface area contributed by atoms with E-state index in [9.17, 15) is 18.0 Å². The maximum Gasteiger partial charge on any atom is 0.453 e. The zero-order chi connectivity index (χ0) is 33.1. The van der Waals surface area contributed by atoms with Crippen molar-refractivity contribution in [2.75, 3.05) is 39.8 Å². The number of hydrogen-bond donors (Lipinski definition) is 0. The van der Waals surface area contributed by atoms with Crippen molar-refractivity contribution in [1.29, 1.82) is 0 Å². The summed E-state index contributed by atoms with van der Waals surface area (Å²) >= 11 is 0. The minimum atomic E-state index is -4.72. The Labute approximate surface area is 296 Å².